The lowest BCUT2D eigenvalue weighted by Gasteiger charge is -2.21. The van der Waals surface area contributed by atoms with Crippen molar-refractivity contribution in [3.63, 3.8) is 0 Å². The molecule has 1 atom stereocenters. The van der Waals surface area contributed by atoms with Gasteiger partial charge in [-0.3, -0.25) is 0 Å². The van der Waals surface area contributed by atoms with Gasteiger partial charge in [0.05, 0.1) is 5.02 Å². The largest absolute Gasteiger partial charge is 0.313 e. The van der Waals surface area contributed by atoms with Crippen molar-refractivity contribution in [3.8, 4) is 0 Å². The summed E-state index contributed by atoms with van der Waals surface area (Å²) in [6.07, 6.45) is 2.51. The molecule has 2 nitrogen and oxygen atoms in total. The van der Waals surface area contributed by atoms with Gasteiger partial charge in [-0.05, 0) is 44.1 Å². The fraction of sp³-hybridized carbons (Fsp3) is 0.538. The van der Waals surface area contributed by atoms with E-state index in [2.05, 4.69) is 17.3 Å². The molecule has 1 aliphatic rings. The van der Waals surface area contributed by atoms with Gasteiger partial charge in [0, 0.05) is 19.1 Å². The van der Waals surface area contributed by atoms with Gasteiger partial charge in [0.15, 0.2) is 0 Å². The number of hydrogen-bond donors (Lipinski definition) is 1. The first-order valence-electron chi connectivity index (χ1n) is 6.01. The van der Waals surface area contributed by atoms with Gasteiger partial charge >= 0.3 is 0 Å². The fourth-order valence-electron chi connectivity index (χ4n) is 2.30. The SMILES string of the molecule is CN(Cc1ccc(F)c(Cl)c1)CC1CCCN1. The van der Waals surface area contributed by atoms with E-state index in [4.69, 9.17) is 11.6 Å². The first-order chi connectivity index (χ1) is 8.15. The number of nitrogens with one attached hydrogen (secondary N) is 1. The van der Waals surface area contributed by atoms with Crippen LogP contribution in [0.3, 0.4) is 0 Å². The Hall–Kier alpha value is -0.640. The van der Waals surface area contributed by atoms with Crippen LogP contribution in [-0.4, -0.2) is 31.1 Å². The average Bonchev–Trinajstić information content (AvgIpc) is 2.76. The predicted molar refractivity (Wildman–Crippen MR) is 68.8 cm³/mol. The van der Waals surface area contributed by atoms with Crippen LogP contribution in [0.4, 0.5) is 4.39 Å². The lowest BCUT2D eigenvalue weighted by Crippen LogP contribution is -2.34. The van der Waals surface area contributed by atoms with Crippen molar-refractivity contribution in [2.45, 2.75) is 25.4 Å². The van der Waals surface area contributed by atoms with Gasteiger partial charge in [-0.1, -0.05) is 17.7 Å². The molecule has 1 fully saturated rings. The first kappa shape index (κ1) is 12.8. The van der Waals surface area contributed by atoms with Crippen LogP contribution in [0, 0.1) is 5.82 Å². The monoisotopic (exact) mass is 256 g/mol. The summed E-state index contributed by atoms with van der Waals surface area (Å²) < 4.78 is 13.0. The van der Waals surface area contributed by atoms with Crippen LogP contribution in [0.25, 0.3) is 0 Å². The van der Waals surface area contributed by atoms with E-state index in [1.165, 1.54) is 18.9 Å². The van der Waals surface area contributed by atoms with E-state index in [9.17, 15) is 4.39 Å². The summed E-state index contributed by atoms with van der Waals surface area (Å²) >= 11 is 5.76. The molecule has 1 heterocycles. The highest BCUT2D eigenvalue weighted by atomic mass is 35.5. The Morgan fingerprint density at radius 1 is 1.53 bits per heavy atom. The molecule has 2 rings (SSSR count). The second-order valence-corrected chi connectivity index (χ2v) is 5.15. The number of halogens is 2. The third kappa shape index (κ3) is 3.66. The van der Waals surface area contributed by atoms with Crippen LogP contribution in [0.2, 0.25) is 5.02 Å². The highest BCUT2D eigenvalue weighted by Gasteiger charge is 2.15. The van der Waals surface area contributed by atoms with Crippen LogP contribution in [-0.2, 0) is 6.54 Å². The topological polar surface area (TPSA) is 15.3 Å². The summed E-state index contributed by atoms with van der Waals surface area (Å²) in [7, 11) is 2.08. The number of rotatable bonds is 4. The van der Waals surface area contributed by atoms with E-state index in [1.807, 2.05) is 0 Å². The second kappa shape index (κ2) is 5.80. The molecular weight excluding hydrogens is 239 g/mol. The van der Waals surface area contributed by atoms with Gasteiger partial charge in [0.25, 0.3) is 0 Å². The maximum atomic E-state index is 13.0. The second-order valence-electron chi connectivity index (χ2n) is 4.74. The molecule has 1 unspecified atom stereocenters. The summed E-state index contributed by atoms with van der Waals surface area (Å²) in [5.74, 6) is -0.351. The molecule has 1 saturated heterocycles. The zero-order chi connectivity index (χ0) is 12.3. The van der Waals surface area contributed by atoms with Crippen molar-refractivity contribution in [1.82, 2.24) is 10.2 Å². The van der Waals surface area contributed by atoms with Crippen LogP contribution < -0.4 is 5.32 Å². The Kier molecular flexibility index (Phi) is 4.37. The Labute approximate surface area is 107 Å². The molecule has 94 valence electrons. The van der Waals surface area contributed by atoms with E-state index >= 15 is 0 Å². The molecule has 0 radical (unpaired) electrons. The third-order valence-electron chi connectivity index (χ3n) is 3.13. The maximum Gasteiger partial charge on any atom is 0.141 e. The zero-order valence-electron chi connectivity index (χ0n) is 10.0. The molecule has 1 aliphatic heterocycles. The summed E-state index contributed by atoms with van der Waals surface area (Å²) in [5, 5.41) is 3.67. The van der Waals surface area contributed by atoms with E-state index in [1.54, 1.807) is 12.1 Å². The summed E-state index contributed by atoms with van der Waals surface area (Å²) in [4.78, 5) is 2.24. The predicted octanol–water partition coefficient (Wildman–Crippen LogP) is 2.66. The van der Waals surface area contributed by atoms with Gasteiger partial charge in [-0.15, -0.1) is 0 Å². The molecular formula is C13H18ClFN2. The van der Waals surface area contributed by atoms with E-state index in [-0.39, 0.29) is 10.8 Å². The van der Waals surface area contributed by atoms with Crippen LogP contribution in [0.1, 0.15) is 18.4 Å². The fourth-order valence-corrected chi connectivity index (χ4v) is 2.51. The van der Waals surface area contributed by atoms with Crippen LogP contribution in [0.5, 0.6) is 0 Å². The lowest BCUT2D eigenvalue weighted by atomic mass is 10.2. The molecule has 0 saturated carbocycles. The summed E-state index contributed by atoms with van der Waals surface area (Å²) in [5.41, 5.74) is 1.05. The minimum Gasteiger partial charge on any atom is -0.313 e. The van der Waals surface area contributed by atoms with E-state index in [0.717, 1.165) is 25.2 Å². The van der Waals surface area contributed by atoms with Crippen molar-refractivity contribution in [3.05, 3.63) is 34.6 Å². The molecule has 1 N–H and O–H groups in total. The number of likely N-dealkylation sites (N-methyl/N-ethyl adjacent to an activating group) is 1. The summed E-state index contributed by atoms with van der Waals surface area (Å²) in [6, 6.07) is 5.52. The smallest absolute Gasteiger partial charge is 0.141 e. The van der Waals surface area contributed by atoms with Crippen molar-refractivity contribution in [2.75, 3.05) is 20.1 Å². The molecule has 17 heavy (non-hydrogen) atoms. The van der Waals surface area contributed by atoms with Crippen molar-refractivity contribution < 1.29 is 4.39 Å². The van der Waals surface area contributed by atoms with Gasteiger partial charge in [0.2, 0.25) is 0 Å². The molecule has 0 bridgehead atoms. The molecule has 0 amide bonds. The van der Waals surface area contributed by atoms with Gasteiger partial charge in [0.1, 0.15) is 5.82 Å². The third-order valence-corrected chi connectivity index (χ3v) is 3.42. The molecule has 1 aromatic carbocycles. The van der Waals surface area contributed by atoms with Crippen molar-refractivity contribution in [1.29, 1.82) is 0 Å². The highest BCUT2D eigenvalue weighted by molar-refractivity contribution is 6.30. The zero-order valence-corrected chi connectivity index (χ0v) is 10.8. The van der Waals surface area contributed by atoms with Crippen LogP contribution in [0.15, 0.2) is 18.2 Å². The number of hydrogen-bond acceptors (Lipinski definition) is 2. The normalized spacial score (nSPS) is 20.1. The first-order valence-corrected chi connectivity index (χ1v) is 6.39. The Morgan fingerprint density at radius 3 is 3.00 bits per heavy atom. The quantitative estimate of drug-likeness (QED) is 0.891. The molecule has 0 aliphatic carbocycles. The minimum absolute atomic E-state index is 0.204. The Bertz CT molecular complexity index is 378. The van der Waals surface area contributed by atoms with Crippen LogP contribution >= 0.6 is 11.6 Å². The molecule has 0 aromatic heterocycles. The number of benzene rings is 1. The standard InChI is InChI=1S/C13H18ClFN2/c1-17(9-11-3-2-6-16-11)8-10-4-5-13(15)12(14)7-10/h4-5,7,11,16H,2-3,6,8-9H2,1H3. The van der Waals surface area contributed by atoms with Gasteiger partial charge in [-0.25, -0.2) is 4.39 Å². The molecule has 1 aromatic rings. The average molecular weight is 257 g/mol. The van der Waals surface area contributed by atoms with E-state index in [0.29, 0.717) is 6.04 Å². The van der Waals surface area contributed by atoms with Gasteiger partial charge in [-0.2, -0.15) is 0 Å². The molecule has 0 spiro atoms. The molecule has 4 heteroatoms. The minimum atomic E-state index is -0.351. The lowest BCUT2D eigenvalue weighted by molar-refractivity contribution is 0.293. The highest BCUT2D eigenvalue weighted by Crippen LogP contribution is 2.17. The Balaban J connectivity index is 1.88. The van der Waals surface area contributed by atoms with E-state index < -0.39 is 0 Å². The van der Waals surface area contributed by atoms with Crippen molar-refractivity contribution >= 4 is 11.6 Å². The van der Waals surface area contributed by atoms with Crippen molar-refractivity contribution in [2.24, 2.45) is 0 Å². The maximum absolute atomic E-state index is 13.0. The van der Waals surface area contributed by atoms with Gasteiger partial charge < -0.3 is 10.2 Å². The Morgan fingerprint density at radius 2 is 2.35 bits per heavy atom. The summed E-state index contributed by atoms with van der Waals surface area (Å²) in [6.45, 7) is 2.95. The number of nitrogens with zero attached hydrogens (tertiary/aromatic N) is 1.